The van der Waals surface area contributed by atoms with E-state index in [1.165, 1.54) is 0 Å². The number of phenols is 1. The van der Waals surface area contributed by atoms with Crippen molar-refractivity contribution in [1.82, 2.24) is 5.32 Å². The normalized spacial score (nSPS) is 11.0. The van der Waals surface area contributed by atoms with Crippen molar-refractivity contribution >= 4 is 22.0 Å². The lowest BCUT2D eigenvalue weighted by atomic mass is 10.2. The third-order valence-electron chi connectivity index (χ3n) is 1.84. The quantitative estimate of drug-likeness (QED) is 0.812. The van der Waals surface area contributed by atoms with Gasteiger partial charge in [0.1, 0.15) is 5.75 Å². The van der Waals surface area contributed by atoms with Crippen LogP contribution in [-0.2, 0) is 0 Å². The molecule has 14 heavy (non-hydrogen) atoms. The largest absolute Gasteiger partial charge is 0.507 e. The van der Waals surface area contributed by atoms with E-state index in [1.807, 2.05) is 25.3 Å². The topological polar surface area (TPSA) is 32.3 Å². The van der Waals surface area contributed by atoms with E-state index in [1.54, 1.807) is 6.07 Å². The monoisotopic (exact) mass is 255 g/mol. The average Bonchev–Trinajstić information content (AvgIpc) is 2.18. The molecule has 0 aliphatic carbocycles. The molecule has 2 N–H and O–H groups in total. The number of benzene rings is 1. The molecule has 0 amide bonds. The highest BCUT2D eigenvalue weighted by atomic mass is 79.9. The average molecular weight is 256 g/mol. The third kappa shape index (κ3) is 3.52. The summed E-state index contributed by atoms with van der Waals surface area (Å²) >= 11 is 3.27. The first-order valence-electron chi connectivity index (χ1n) is 4.53. The van der Waals surface area contributed by atoms with Crippen molar-refractivity contribution < 1.29 is 5.11 Å². The van der Waals surface area contributed by atoms with Crippen LogP contribution in [0.3, 0.4) is 0 Å². The van der Waals surface area contributed by atoms with Gasteiger partial charge in [-0.15, -0.1) is 0 Å². The van der Waals surface area contributed by atoms with E-state index in [0.717, 1.165) is 23.0 Å². The SMILES string of the molecule is CNCCC=Cc1ccc(O)c(Br)c1. The van der Waals surface area contributed by atoms with Crippen LogP contribution in [0.15, 0.2) is 28.7 Å². The highest BCUT2D eigenvalue weighted by Gasteiger charge is 1.95. The fraction of sp³-hybridized carbons (Fsp3) is 0.273. The molecule has 0 fully saturated rings. The van der Waals surface area contributed by atoms with Gasteiger partial charge in [-0.25, -0.2) is 0 Å². The maximum Gasteiger partial charge on any atom is 0.129 e. The van der Waals surface area contributed by atoms with E-state index < -0.39 is 0 Å². The third-order valence-corrected chi connectivity index (χ3v) is 2.48. The van der Waals surface area contributed by atoms with E-state index >= 15 is 0 Å². The number of hydrogen-bond donors (Lipinski definition) is 2. The Bertz CT molecular complexity index is 323. The maximum absolute atomic E-state index is 9.27. The van der Waals surface area contributed by atoms with Crippen LogP contribution in [-0.4, -0.2) is 18.7 Å². The second kappa shape index (κ2) is 5.83. The molecular formula is C11H14BrNO. The molecule has 0 radical (unpaired) electrons. The summed E-state index contributed by atoms with van der Waals surface area (Å²) in [4.78, 5) is 0. The van der Waals surface area contributed by atoms with Gasteiger partial charge >= 0.3 is 0 Å². The minimum absolute atomic E-state index is 0.275. The summed E-state index contributed by atoms with van der Waals surface area (Å²) in [5, 5.41) is 12.3. The Morgan fingerprint density at radius 2 is 2.29 bits per heavy atom. The van der Waals surface area contributed by atoms with E-state index in [2.05, 4.69) is 27.3 Å². The molecule has 76 valence electrons. The first-order chi connectivity index (χ1) is 6.74. The van der Waals surface area contributed by atoms with Gasteiger partial charge in [0.25, 0.3) is 0 Å². The predicted octanol–water partition coefficient (Wildman–Crippen LogP) is 2.78. The molecule has 0 aliphatic heterocycles. The zero-order chi connectivity index (χ0) is 10.4. The van der Waals surface area contributed by atoms with Crippen molar-refractivity contribution in [1.29, 1.82) is 0 Å². The summed E-state index contributed by atoms with van der Waals surface area (Å²) in [5.41, 5.74) is 1.09. The Hall–Kier alpha value is -0.800. The zero-order valence-electron chi connectivity index (χ0n) is 8.13. The smallest absolute Gasteiger partial charge is 0.129 e. The van der Waals surface area contributed by atoms with E-state index in [4.69, 9.17) is 0 Å². The Morgan fingerprint density at radius 3 is 2.93 bits per heavy atom. The van der Waals surface area contributed by atoms with Crippen molar-refractivity contribution in [2.24, 2.45) is 0 Å². The molecule has 0 spiro atoms. The van der Waals surface area contributed by atoms with Crippen molar-refractivity contribution in [2.45, 2.75) is 6.42 Å². The van der Waals surface area contributed by atoms with Gasteiger partial charge in [0.15, 0.2) is 0 Å². The number of rotatable bonds is 4. The first kappa shape index (κ1) is 11.3. The molecule has 0 aliphatic rings. The van der Waals surface area contributed by atoms with E-state index in [0.29, 0.717) is 0 Å². The van der Waals surface area contributed by atoms with Gasteiger partial charge in [-0.2, -0.15) is 0 Å². The van der Waals surface area contributed by atoms with Crippen molar-refractivity contribution in [3.8, 4) is 5.75 Å². The summed E-state index contributed by atoms with van der Waals surface area (Å²) in [7, 11) is 1.94. The lowest BCUT2D eigenvalue weighted by Gasteiger charge is -1.98. The van der Waals surface area contributed by atoms with Crippen LogP contribution in [0.1, 0.15) is 12.0 Å². The number of hydrogen-bond acceptors (Lipinski definition) is 2. The Morgan fingerprint density at radius 1 is 1.50 bits per heavy atom. The number of halogens is 1. The van der Waals surface area contributed by atoms with Crippen LogP contribution in [0.25, 0.3) is 6.08 Å². The molecule has 3 heteroatoms. The second-order valence-electron chi connectivity index (χ2n) is 3.01. The zero-order valence-corrected chi connectivity index (χ0v) is 9.71. The van der Waals surface area contributed by atoms with Crippen LogP contribution in [0.5, 0.6) is 5.75 Å². The highest BCUT2D eigenvalue weighted by molar-refractivity contribution is 9.10. The van der Waals surface area contributed by atoms with Gasteiger partial charge in [-0.3, -0.25) is 0 Å². The van der Waals surface area contributed by atoms with Gasteiger partial charge in [0.2, 0.25) is 0 Å². The molecule has 1 rings (SSSR count). The molecule has 0 saturated carbocycles. The molecule has 0 bridgehead atoms. The minimum Gasteiger partial charge on any atom is -0.507 e. The molecule has 0 atom stereocenters. The fourth-order valence-corrected chi connectivity index (χ4v) is 1.47. The fourth-order valence-electron chi connectivity index (χ4n) is 1.07. The van der Waals surface area contributed by atoms with Gasteiger partial charge in [0.05, 0.1) is 4.47 Å². The molecule has 0 unspecified atom stereocenters. The van der Waals surface area contributed by atoms with Crippen LogP contribution in [0.4, 0.5) is 0 Å². The molecule has 0 aromatic heterocycles. The summed E-state index contributed by atoms with van der Waals surface area (Å²) in [6.45, 7) is 0.982. The number of phenolic OH excluding ortho intramolecular Hbond substituents is 1. The van der Waals surface area contributed by atoms with Crippen LogP contribution in [0.2, 0.25) is 0 Å². The molecule has 2 nitrogen and oxygen atoms in total. The van der Waals surface area contributed by atoms with E-state index in [9.17, 15) is 5.11 Å². The molecule has 1 aromatic rings. The van der Waals surface area contributed by atoms with Gasteiger partial charge in [-0.1, -0.05) is 18.2 Å². The molecular weight excluding hydrogens is 242 g/mol. The molecule has 0 heterocycles. The number of aromatic hydroxyl groups is 1. The summed E-state index contributed by atoms with van der Waals surface area (Å²) in [5.74, 6) is 0.275. The highest BCUT2D eigenvalue weighted by Crippen LogP contribution is 2.24. The first-order valence-corrected chi connectivity index (χ1v) is 5.33. The van der Waals surface area contributed by atoms with Gasteiger partial charge in [0, 0.05) is 0 Å². The van der Waals surface area contributed by atoms with Crippen molar-refractivity contribution in [3.63, 3.8) is 0 Å². The number of nitrogens with one attached hydrogen (secondary N) is 1. The lowest BCUT2D eigenvalue weighted by molar-refractivity contribution is 0.472. The van der Waals surface area contributed by atoms with Crippen LogP contribution < -0.4 is 5.32 Å². The van der Waals surface area contributed by atoms with Gasteiger partial charge < -0.3 is 10.4 Å². The maximum atomic E-state index is 9.27. The van der Waals surface area contributed by atoms with Crippen molar-refractivity contribution in [2.75, 3.05) is 13.6 Å². The Kier molecular flexibility index (Phi) is 4.70. The van der Waals surface area contributed by atoms with E-state index in [-0.39, 0.29) is 5.75 Å². The Balaban J connectivity index is 2.59. The lowest BCUT2D eigenvalue weighted by Crippen LogP contribution is -2.05. The van der Waals surface area contributed by atoms with Crippen molar-refractivity contribution in [3.05, 3.63) is 34.3 Å². The van der Waals surface area contributed by atoms with Crippen LogP contribution >= 0.6 is 15.9 Å². The summed E-state index contributed by atoms with van der Waals surface area (Å²) in [6, 6.07) is 5.46. The summed E-state index contributed by atoms with van der Waals surface area (Å²) < 4.78 is 0.730. The second-order valence-corrected chi connectivity index (χ2v) is 3.86. The summed E-state index contributed by atoms with van der Waals surface area (Å²) in [6.07, 6.45) is 5.16. The minimum atomic E-state index is 0.275. The van der Waals surface area contributed by atoms with Crippen LogP contribution in [0, 0.1) is 0 Å². The van der Waals surface area contributed by atoms with Gasteiger partial charge in [-0.05, 0) is 53.6 Å². The standard InChI is InChI=1S/C11H14BrNO/c1-13-7-3-2-4-9-5-6-11(14)10(12)8-9/h2,4-6,8,13-14H,3,7H2,1H3. The predicted molar refractivity (Wildman–Crippen MR) is 63.4 cm³/mol. The molecule has 0 saturated heterocycles. The molecule has 1 aromatic carbocycles. The Labute approximate surface area is 92.8 Å².